The molecule has 0 saturated heterocycles. The topological polar surface area (TPSA) is 51.3 Å². The molecule has 4 aromatic rings. The lowest BCUT2D eigenvalue weighted by atomic mass is 10.2. The van der Waals surface area contributed by atoms with Gasteiger partial charge in [-0.1, -0.05) is 30.3 Å². The molecular weight excluding hydrogens is 357 g/mol. The van der Waals surface area contributed by atoms with Crippen LogP contribution in [0.2, 0.25) is 0 Å². The zero-order valence-electron chi connectivity index (χ0n) is 15.2. The molecule has 0 bridgehead atoms. The Morgan fingerprint density at radius 2 is 1.82 bits per heavy atom. The van der Waals surface area contributed by atoms with Crippen molar-refractivity contribution in [3.8, 4) is 5.69 Å². The van der Waals surface area contributed by atoms with Gasteiger partial charge < -0.3 is 9.32 Å². The summed E-state index contributed by atoms with van der Waals surface area (Å²) in [5.41, 5.74) is 2.01. The van der Waals surface area contributed by atoms with Crippen LogP contribution in [0.25, 0.3) is 5.69 Å². The Bertz CT molecular complexity index is 1090. The number of carbonyl (C=O) groups excluding carboxylic acids is 1. The predicted octanol–water partition coefficient (Wildman–Crippen LogP) is 4.76. The highest BCUT2D eigenvalue weighted by atomic mass is 19.1. The minimum atomic E-state index is -0.400. The zero-order chi connectivity index (χ0) is 19.5. The van der Waals surface area contributed by atoms with Gasteiger partial charge in [0.25, 0.3) is 5.91 Å². The van der Waals surface area contributed by atoms with Crippen LogP contribution < -0.4 is 4.90 Å². The van der Waals surface area contributed by atoms with Gasteiger partial charge in [-0.05, 0) is 43.3 Å². The van der Waals surface area contributed by atoms with E-state index in [1.54, 1.807) is 42.4 Å². The first-order valence-electron chi connectivity index (χ1n) is 8.84. The Balaban J connectivity index is 1.72. The van der Waals surface area contributed by atoms with Gasteiger partial charge in [0.05, 0.1) is 30.3 Å². The van der Waals surface area contributed by atoms with E-state index in [9.17, 15) is 9.18 Å². The average Bonchev–Trinajstić information content (AvgIpc) is 3.36. The summed E-state index contributed by atoms with van der Waals surface area (Å²) in [5.74, 6) is 0.0299. The van der Waals surface area contributed by atoms with Gasteiger partial charge in [-0.15, -0.1) is 0 Å². The van der Waals surface area contributed by atoms with Gasteiger partial charge in [0.2, 0.25) is 0 Å². The van der Waals surface area contributed by atoms with E-state index in [1.807, 2.05) is 36.4 Å². The molecule has 1 amide bonds. The van der Waals surface area contributed by atoms with Crippen LogP contribution in [0.3, 0.4) is 0 Å². The van der Waals surface area contributed by atoms with Crippen LogP contribution in [-0.2, 0) is 6.54 Å². The number of benzene rings is 2. The summed E-state index contributed by atoms with van der Waals surface area (Å²) in [7, 11) is 0. The summed E-state index contributed by atoms with van der Waals surface area (Å²) in [6, 6.07) is 19.3. The molecule has 0 saturated carbocycles. The highest BCUT2D eigenvalue weighted by Gasteiger charge is 2.24. The van der Waals surface area contributed by atoms with Crippen LogP contribution in [-0.4, -0.2) is 15.7 Å². The number of rotatable bonds is 5. The number of hydrogen-bond donors (Lipinski definition) is 0. The Kier molecular flexibility index (Phi) is 4.76. The molecule has 0 radical (unpaired) electrons. The van der Waals surface area contributed by atoms with Gasteiger partial charge >= 0.3 is 0 Å². The van der Waals surface area contributed by atoms with Crippen LogP contribution in [0, 0.1) is 12.7 Å². The Hall–Kier alpha value is -3.67. The number of nitrogens with zero attached hydrogens (tertiary/aromatic N) is 3. The first-order valence-corrected chi connectivity index (χ1v) is 8.84. The fourth-order valence-corrected chi connectivity index (χ4v) is 3.08. The van der Waals surface area contributed by atoms with Gasteiger partial charge in [0.15, 0.2) is 0 Å². The van der Waals surface area contributed by atoms with E-state index in [0.29, 0.717) is 22.7 Å². The molecule has 0 aliphatic heterocycles. The fourth-order valence-electron chi connectivity index (χ4n) is 3.08. The maximum Gasteiger partial charge on any atom is 0.262 e. The first kappa shape index (κ1) is 17.7. The van der Waals surface area contributed by atoms with Crippen molar-refractivity contribution >= 4 is 11.6 Å². The minimum absolute atomic E-state index is 0.234. The number of furan rings is 1. The van der Waals surface area contributed by atoms with Gasteiger partial charge in [0, 0.05) is 5.69 Å². The van der Waals surface area contributed by atoms with E-state index < -0.39 is 5.82 Å². The summed E-state index contributed by atoms with van der Waals surface area (Å²) in [6.45, 7) is 2.03. The SMILES string of the molecule is Cc1c(C(=O)N(Cc2ccco2)c2ccccc2)cnn1-c1ccccc1F. The van der Waals surface area contributed by atoms with Crippen molar-refractivity contribution in [2.24, 2.45) is 0 Å². The lowest BCUT2D eigenvalue weighted by molar-refractivity contribution is 0.0982. The second-order valence-electron chi connectivity index (χ2n) is 6.31. The second-order valence-corrected chi connectivity index (χ2v) is 6.31. The number of para-hydroxylation sites is 2. The molecule has 140 valence electrons. The highest BCUT2D eigenvalue weighted by Crippen LogP contribution is 2.23. The summed E-state index contributed by atoms with van der Waals surface area (Å²) in [5, 5.41) is 4.25. The maximum atomic E-state index is 14.2. The number of amides is 1. The molecule has 0 fully saturated rings. The minimum Gasteiger partial charge on any atom is -0.467 e. The molecule has 0 spiro atoms. The van der Waals surface area contributed by atoms with Crippen molar-refractivity contribution in [3.05, 3.63) is 102 Å². The number of anilines is 1. The summed E-state index contributed by atoms with van der Waals surface area (Å²) in [4.78, 5) is 15.0. The summed E-state index contributed by atoms with van der Waals surface area (Å²) >= 11 is 0. The Morgan fingerprint density at radius 3 is 2.54 bits per heavy atom. The standard InChI is InChI=1S/C22H18FN3O2/c1-16-19(14-24-26(16)21-12-6-5-11-20(21)23)22(27)25(15-18-10-7-13-28-18)17-8-3-2-4-9-17/h2-14H,15H2,1H3. The molecule has 0 unspecified atom stereocenters. The average molecular weight is 375 g/mol. The van der Waals surface area contributed by atoms with Crippen molar-refractivity contribution < 1.29 is 13.6 Å². The van der Waals surface area contributed by atoms with E-state index in [4.69, 9.17) is 4.42 Å². The second kappa shape index (κ2) is 7.52. The van der Waals surface area contributed by atoms with Crippen LogP contribution in [0.5, 0.6) is 0 Å². The maximum absolute atomic E-state index is 14.2. The monoisotopic (exact) mass is 375 g/mol. The number of hydrogen-bond acceptors (Lipinski definition) is 3. The smallest absolute Gasteiger partial charge is 0.262 e. The van der Waals surface area contributed by atoms with Gasteiger partial charge in [-0.3, -0.25) is 4.79 Å². The summed E-state index contributed by atoms with van der Waals surface area (Å²) < 4.78 is 21.0. The first-order chi connectivity index (χ1) is 13.6. The van der Waals surface area contributed by atoms with Gasteiger partial charge in [0.1, 0.15) is 17.3 Å². The van der Waals surface area contributed by atoms with E-state index >= 15 is 0 Å². The third-order valence-electron chi connectivity index (χ3n) is 4.53. The predicted molar refractivity (Wildman–Crippen MR) is 104 cm³/mol. The molecule has 2 aromatic carbocycles. The Morgan fingerprint density at radius 1 is 1.07 bits per heavy atom. The molecule has 5 nitrogen and oxygen atoms in total. The molecule has 2 aromatic heterocycles. The van der Waals surface area contributed by atoms with Crippen molar-refractivity contribution in [2.45, 2.75) is 13.5 Å². The molecule has 28 heavy (non-hydrogen) atoms. The summed E-state index contributed by atoms with van der Waals surface area (Å²) in [6.07, 6.45) is 3.05. The highest BCUT2D eigenvalue weighted by molar-refractivity contribution is 6.06. The lowest BCUT2D eigenvalue weighted by Crippen LogP contribution is -2.30. The Labute approximate surface area is 161 Å². The molecule has 0 aliphatic rings. The van der Waals surface area contributed by atoms with Crippen LogP contribution in [0.4, 0.5) is 10.1 Å². The normalized spacial score (nSPS) is 10.8. The van der Waals surface area contributed by atoms with Crippen molar-refractivity contribution in [2.75, 3.05) is 4.90 Å². The van der Waals surface area contributed by atoms with E-state index in [1.165, 1.54) is 16.9 Å². The van der Waals surface area contributed by atoms with E-state index in [-0.39, 0.29) is 12.5 Å². The van der Waals surface area contributed by atoms with Crippen LogP contribution >= 0.6 is 0 Å². The third kappa shape index (κ3) is 3.32. The lowest BCUT2D eigenvalue weighted by Gasteiger charge is -2.21. The van der Waals surface area contributed by atoms with Crippen molar-refractivity contribution in [1.82, 2.24) is 9.78 Å². The molecule has 0 aliphatic carbocycles. The molecular formula is C22H18FN3O2. The fraction of sp³-hybridized carbons (Fsp3) is 0.0909. The molecule has 0 atom stereocenters. The van der Waals surface area contributed by atoms with Crippen molar-refractivity contribution in [1.29, 1.82) is 0 Å². The van der Waals surface area contributed by atoms with Crippen LogP contribution in [0.15, 0.2) is 83.6 Å². The molecule has 0 N–H and O–H groups in total. The van der Waals surface area contributed by atoms with Gasteiger partial charge in [-0.25, -0.2) is 9.07 Å². The largest absolute Gasteiger partial charge is 0.467 e. The molecule has 4 rings (SSSR count). The third-order valence-corrected chi connectivity index (χ3v) is 4.53. The van der Waals surface area contributed by atoms with E-state index in [0.717, 1.165) is 5.69 Å². The molecule has 2 heterocycles. The number of carbonyl (C=O) groups is 1. The molecule has 6 heteroatoms. The van der Waals surface area contributed by atoms with Crippen molar-refractivity contribution in [3.63, 3.8) is 0 Å². The number of aromatic nitrogens is 2. The van der Waals surface area contributed by atoms with Crippen LogP contribution in [0.1, 0.15) is 21.8 Å². The number of halogens is 1. The zero-order valence-corrected chi connectivity index (χ0v) is 15.2. The van der Waals surface area contributed by atoms with E-state index in [2.05, 4.69) is 5.10 Å². The van der Waals surface area contributed by atoms with Gasteiger partial charge in [-0.2, -0.15) is 5.10 Å². The quantitative estimate of drug-likeness (QED) is 0.505.